The van der Waals surface area contributed by atoms with Crippen LogP contribution in [0.5, 0.6) is 0 Å². The van der Waals surface area contributed by atoms with Gasteiger partial charge in [0, 0.05) is 45.1 Å². The summed E-state index contributed by atoms with van der Waals surface area (Å²) in [6, 6.07) is -0.740. The van der Waals surface area contributed by atoms with Crippen LogP contribution < -0.4 is 0 Å². The number of nitrogens with zero attached hydrogens (tertiary/aromatic N) is 2. The summed E-state index contributed by atoms with van der Waals surface area (Å²) in [5, 5.41) is 0. The third-order valence-electron chi connectivity index (χ3n) is 12.3. The molecular formula is C56H102N2O10. The molecule has 3 unspecified atom stereocenters. The lowest BCUT2D eigenvalue weighted by Gasteiger charge is -2.31. The maximum absolute atomic E-state index is 13.6. The van der Waals surface area contributed by atoms with E-state index in [9.17, 15) is 24.0 Å². The second-order valence-electron chi connectivity index (χ2n) is 19.2. The van der Waals surface area contributed by atoms with Gasteiger partial charge in [-0.3, -0.25) is 24.1 Å². The van der Waals surface area contributed by atoms with E-state index >= 15 is 0 Å². The summed E-state index contributed by atoms with van der Waals surface area (Å²) in [5.41, 5.74) is 0. The quantitative estimate of drug-likeness (QED) is 0.0249. The largest absolute Gasteiger partial charge is 0.465 e. The van der Waals surface area contributed by atoms with Crippen LogP contribution in [0, 0.1) is 17.8 Å². The van der Waals surface area contributed by atoms with E-state index in [4.69, 9.17) is 23.7 Å². The first-order chi connectivity index (χ1) is 33.0. The normalized spacial score (nSPS) is 12.4. The Kier molecular flexibility index (Phi) is 45.0. The van der Waals surface area contributed by atoms with Crippen molar-refractivity contribution in [1.82, 2.24) is 9.80 Å². The Hall–Kier alpha value is -3.33. The first-order valence-electron chi connectivity index (χ1n) is 27.7. The van der Waals surface area contributed by atoms with Gasteiger partial charge in [-0.05, 0) is 97.2 Å². The molecule has 0 aromatic carbocycles. The minimum absolute atomic E-state index is 0.00444. The molecule has 0 fully saturated rings. The summed E-state index contributed by atoms with van der Waals surface area (Å²) in [6.45, 7) is 12.3. The van der Waals surface area contributed by atoms with Gasteiger partial charge in [0.1, 0.15) is 32.0 Å². The van der Waals surface area contributed by atoms with Crippen LogP contribution in [0.3, 0.4) is 0 Å². The Morgan fingerprint density at radius 3 is 1.40 bits per heavy atom. The lowest BCUT2D eigenvalue weighted by Crippen LogP contribution is -2.47. The van der Waals surface area contributed by atoms with E-state index < -0.39 is 24.1 Å². The zero-order valence-corrected chi connectivity index (χ0v) is 44.8. The Morgan fingerprint density at radius 1 is 0.426 bits per heavy atom. The van der Waals surface area contributed by atoms with E-state index in [1.807, 2.05) is 19.0 Å². The van der Waals surface area contributed by atoms with E-state index in [0.717, 1.165) is 103 Å². The zero-order valence-electron chi connectivity index (χ0n) is 44.8. The van der Waals surface area contributed by atoms with Crippen molar-refractivity contribution in [2.24, 2.45) is 5.92 Å². The fraction of sp³-hybridized carbons (Fsp3) is 0.875. The molecule has 396 valence electrons. The molecule has 68 heavy (non-hydrogen) atoms. The van der Waals surface area contributed by atoms with Crippen molar-refractivity contribution in [3.63, 3.8) is 0 Å². The van der Waals surface area contributed by atoms with E-state index in [-0.39, 0.29) is 50.7 Å². The molecule has 0 N–H and O–H groups in total. The minimum Gasteiger partial charge on any atom is -0.465 e. The van der Waals surface area contributed by atoms with Gasteiger partial charge in [-0.15, -0.1) is 5.92 Å². The molecular weight excluding hydrogens is 861 g/mol. The molecule has 3 atom stereocenters. The smallest absolute Gasteiger partial charge is 0.410 e. The van der Waals surface area contributed by atoms with E-state index in [1.165, 1.54) is 49.8 Å². The molecule has 0 spiro atoms. The van der Waals surface area contributed by atoms with Gasteiger partial charge in [-0.2, -0.15) is 0 Å². The molecule has 0 aliphatic heterocycles. The summed E-state index contributed by atoms with van der Waals surface area (Å²) < 4.78 is 28.7. The first-order valence-corrected chi connectivity index (χ1v) is 27.7. The topological polar surface area (TPSA) is 138 Å². The Morgan fingerprint density at radius 2 is 0.868 bits per heavy atom. The molecule has 12 nitrogen and oxygen atoms in total. The summed E-state index contributed by atoms with van der Waals surface area (Å²) in [6.07, 6.45) is 28.4. The molecule has 0 aromatic rings. The summed E-state index contributed by atoms with van der Waals surface area (Å²) in [4.78, 5) is 68.3. The van der Waals surface area contributed by atoms with Crippen molar-refractivity contribution in [2.45, 2.75) is 259 Å². The maximum atomic E-state index is 13.6. The number of hydrogen-bond acceptors (Lipinski definition) is 11. The highest BCUT2D eigenvalue weighted by atomic mass is 16.6. The molecule has 0 aliphatic rings. The number of ether oxygens (including phenoxy) is 5. The second kappa shape index (κ2) is 47.4. The Bertz CT molecular complexity index is 1310. The number of hydrogen-bond donors (Lipinski definition) is 0. The predicted molar refractivity (Wildman–Crippen MR) is 275 cm³/mol. The minimum atomic E-state index is -0.740. The Balaban J connectivity index is 5.22. The van der Waals surface area contributed by atoms with Gasteiger partial charge in [-0.1, -0.05) is 143 Å². The molecule has 0 saturated heterocycles. The van der Waals surface area contributed by atoms with Crippen molar-refractivity contribution in [1.29, 1.82) is 0 Å². The van der Waals surface area contributed by atoms with Crippen LogP contribution >= 0.6 is 0 Å². The monoisotopic (exact) mass is 963 g/mol. The molecule has 0 radical (unpaired) electrons. The average molecular weight is 963 g/mol. The number of amides is 1. The van der Waals surface area contributed by atoms with Gasteiger partial charge in [0.25, 0.3) is 0 Å². The number of esters is 4. The number of rotatable bonds is 46. The first kappa shape index (κ1) is 64.7. The fourth-order valence-corrected chi connectivity index (χ4v) is 7.91. The van der Waals surface area contributed by atoms with Crippen molar-refractivity contribution >= 4 is 30.0 Å². The lowest BCUT2D eigenvalue weighted by molar-refractivity contribution is -0.151. The molecule has 0 aromatic heterocycles. The van der Waals surface area contributed by atoms with E-state index in [2.05, 4.69) is 46.5 Å². The maximum Gasteiger partial charge on any atom is 0.410 e. The fourth-order valence-electron chi connectivity index (χ4n) is 7.91. The SMILES string of the molecule is CCCCC#CCCOC(=O)N(CCCN(C)C)C(COC(=O)CCCCCCC(=O)OCC(CCCC)CCCCCC)COC(=O)CCCCCCC(=O)OC(CCCC)CCCCCC. The molecule has 0 rings (SSSR count). The molecule has 12 heteroatoms. The number of carbonyl (C=O) groups is 5. The molecule has 0 heterocycles. The van der Waals surface area contributed by atoms with Crippen molar-refractivity contribution < 1.29 is 47.7 Å². The third kappa shape index (κ3) is 40.5. The third-order valence-corrected chi connectivity index (χ3v) is 12.3. The van der Waals surface area contributed by atoms with E-state index in [1.54, 1.807) is 0 Å². The van der Waals surface area contributed by atoms with Gasteiger partial charge in [0.2, 0.25) is 0 Å². The van der Waals surface area contributed by atoms with Crippen LogP contribution in [-0.4, -0.2) is 106 Å². The molecule has 0 saturated carbocycles. The standard InChI is InChI=1S/C56H102N2O10/c1-8-13-18-21-26-33-45-64-56(63)58(44-34-43-57(6)7)50(48-67-54(61)41-31-24-25-32-42-55(62)68-51(37-17-12-5)38-28-20-15-10-3)47-66-53(60)40-30-23-22-29-39-52(59)65-46-49(35-16-11-4)36-27-19-14-9-2/h49-51H,8-20,22-25,27-48H2,1-7H3. The summed E-state index contributed by atoms with van der Waals surface area (Å²) >= 11 is 0. The van der Waals surface area contributed by atoms with Gasteiger partial charge >= 0.3 is 30.0 Å². The van der Waals surface area contributed by atoms with Gasteiger partial charge in [0.15, 0.2) is 0 Å². The highest BCUT2D eigenvalue weighted by Crippen LogP contribution is 2.20. The van der Waals surface area contributed by atoms with Crippen molar-refractivity contribution in [3.05, 3.63) is 0 Å². The average Bonchev–Trinajstić information content (AvgIpc) is 3.32. The highest BCUT2D eigenvalue weighted by molar-refractivity contribution is 5.71. The van der Waals surface area contributed by atoms with Crippen LogP contribution in [0.4, 0.5) is 4.79 Å². The van der Waals surface area contributed by atoms with E-state index in [0.29, 0.717) is 77.0 Å². The molecule has 1 amide bonds. The van der Waals surface area contributed by atoms with Gasteiger partial charge in [0.05, 0.1) is 6.61 Å². The van der Waals surface area contributed by atoms with Crippen molar-refractivity contribution in [2.75, 3.05) is 53.6 Å². The molecule has 0 aliphatic carbocycles. The number of unbranched alkanes of at least 4 members (excludes halogenated alkanes) is 16. The summed E-state index contributed by atoms with van der Waals surface area (Å²) in [7, 11) is 3.92. The van der Waals surface area contributed by atoms with Crippen LogP contribution in [0.25, 0.3) is 0 Å². The number of carbonyl (C=O) groups excluding carboxylic acids is 5. The zero-order chi connectivity index (χ0) is 50.3. The Labute approximate surface area is 416 Å². The highest BCUT2D eigenvalue weighted by Gasteiger charge is 2.28. The van der Waals surface area contributed by atoms with Crippen molar-refractivity contribution in [3.8, 4) is 11.8 Å². The predicted octanol–water partition coefficient (Wildman–Crippen LogP) is 13.5. The summed E-state index contributed by atoms with van der Waals surface area (Å²) in [5.74, 6) is 5.56. The van der Waals surface area contributed by atoms with Gasteiger partial charge < -0.3 is 28.6 Å². The van der Waals surface area contributed by atoms with Crippen LogP contribution in [-0.2, 0) is 42.9 Å². The second-order valence-corrected chi connectivity index (χ2v) is 19.2. The van der Waals surface area contributed by atoms with Crippen LogP contribution in [0.1, 0.15) is 247 Å². The van der Waals surface area contributed by atoms with Crippen LogP contribution in [0.15, 0.2) is 0 Å². The molecule has 0 bridgehead atoms. The van der Waals surface area contributed by atoms with Gasteiger partial charge in [-0.25, -0.2) is 4.79 Å². The lowest BCUT2D eigenvalue weighted by atomic mass is 9.96. The van der Waals surface area contributed by atoms with Crippen LogP contribution in [0.2, 0.25) is 0 Å².